The molecule has 2 aliphatic carbocycles. The Kier molecular flexibility index (Phi) is 4.03. The fraction of sp³-hybridized carbons (Fsp3) is 0.917. The lowest BCUT2D eigenvalue weighted by Gasteiger charge is -2.26. The van der Waals surface area contributed by atoms with Gasteiger partial charge in [-0.05, 0) is 49.7 Å². The molecule has 2 fully saturated rings. The number of nitrogens with one attached hydrogen (secondary N) is 2. The molecule has 2 aliphatic rings. The van der Waals surface area contributed by atoms with Gasteiger partial charge < -0.3 is 15.7 Å². The second-order valence-corrected chi connectivity index (χ2v) is 5.60. The molecule has 3 N–H and O–H groups in total. The summed E-state index contributed by atoms with van der Waals surface area (Å²) in [5.41, 5.74) is 0. The molecule has 2 bridgehead atoms. The zero-order valence-electron chi connectivity index (χ0n) is 9.91. The van der Waals surface area contributed by atoms with Gasteiger partial charge in [0.25, 0.3) is 0 Å². The van der Waals surface area contributed by atoms with Crippen molar-refractivity contribution in [2.75, 3.05) is 6.61 Å². The van der Waals surface area contributed by atoms with Crippen LogP contribution in [0.4, 0.5) is 0 Å². The predicted molar refractivity (Wildman–Crippen MR) is 69.3 cm³/mol. The van der Waals surface area contributed by atoms with Crippen LogP contribution in [0.1, 0.15) is 39.0 Å². The first-order chi connectivity index (χ1) is 7.72. The maximum absolute atomic E-state index is 9.09. The van der Waals surface area contributed by atoms with Gasteiger partial charge in [0, 0.05) is 6.04 Å². The number of hydrogen-bond acceptors (Lipinski definition) is 2. The predicted octanol–water partition coefficient (Wildman–Crippen LogP) is 1.41. The molecular formula is C12H22N2OS. The minimum absolute atomic E-state index is 0.0959. The van der Waals surface area contributed by atoms with Crippen molar-refractivity contribution in [1.82, 2.24) is 10.6 Å². The Morgan fingerprint density at radius 2 is 2.25 bits per heavy atom. The highest BCUT2D eigenvalue weighted by Gasteiger charge is 2.39. The third-order valence-electron chi connectivity index (χ3n) is 4.10. The van der Waals surface area contributed by atoms with Crippen LogP contribution in [0, 0.1) is 11.8 Å². The van der Waals surface area contributed by atoms with Crippen LogP contribution in [-0.4, -0.2) is 28.9 Å². The Labute approximate surface area is 103 Å². The van der Waals surface area contributed by atoms with Gasteiger partial charge in [0.1, 0.15) is 0 Å². The molecule has 0 aromatic carbocycles. The Balaban J connectivity index is 1.75. The van der Waals surface area contributed by atoms with Gasteiger partial charge in [0.15, 0.2) is 5.11 Å². The molecule has 0 aromatic heterocycles. The molecule has 0 radical (unpaired) electrons. The molecule has 2 saturated carbocycles. The van der Waals surface area contributed by atoms with E-state index in [1.807, 2.05) is 6.92 Å². The summed E-state index contributed by atoms with van der Waals surface area (Å²) in [6, 6.07) is 0.675. The molecule has 0 heterocycles. The van der Waals surface area contributed by atoms with E-state index in [4.69, 9.17) is 17.3 Å². The standard InChI is InChI=1S/C12H22N2OS/c1-2-10(7-15)13-12(16)14-11-6-8-3-4-9(11)5-8/h8-11,15H,2-7H2,1H3,(H2,13,14,16)/t8-,9-,10-,11+/m1/s1. The summed E-state index contributed by atoms with van der Waals surface area (Å²) < 4.78 is 0. The molecule has 16 heavy (non-hydrogen) atoms. The van der Waals surface area contributed by atoms with Gasteiger partial charge >= 0.3 is 0 Å². The minimum Gasteiger partial charge on any atom is -0.394 e. The molecule has 3 nitrogen and oxygen atoms in total. The van der Waals surface area contributed by atoms with Crippen molar-refractivity contribution in [3.8, 4) is 0 Å². The Morgan fingerprint density at radius 3 is 2.75 bits per heavy atom. The summed E-state index contributed by atoms with van der Waals surface area (Å²) >= 11 is 5.28. The lowest BCUT2D eigenvalue weighted by atomic mass is 9.95. The zero-order chi connectivity index (χ0) is 11.5. The first-order valence-electron chi connectivity index (χ1n) is 6.40. The minimum atomic E-state index is 0.0959. The molecule has 0 amide bonds. The van der Waals surface area contributed by atoms with Crippen LogP contribution >= 0.6 is 12.2 Å². The topological polar surface area (TPSA) is 44.3 Å². The smallest absolute Gasteiger partial charge is 0.166 e. The number of hydrogen-bond donors (Lipinski definition) is 3. The Hall–Kier alpha value is -0.350. The van der Waals surface area contributed by atoms with E-state index in [1.54, 1.807) is 0 Å². The first kappa shape index (κ1) is 12.1. The number of thiocarbonyl (C=S) groups is 1. The highest BCUT2D eigenvalue weighted by Crippen LogP contribution is 2.44. The van der Waals surface area contributed by atoms with Gasteiger partial charge in [0.2, 0.25) is 0 Å². The number of fused-ring (bicyclic) bond motifs is 2. The number of rotatable bonds is 4. The van der Waals surface area contributed by atoms with E-state index in [2.05, 4.69) is 10.6 Å². The van der Waals surface area contributed by atoms with Gasteiger partial charge in [-0.3, -0.25) is 0 Å². The van der Waals surface area contributed by atoms with E-state index in [0.717, 1.165) is 23.4 Å². The van der Waals surface area contributed by atoms with Crippen LogP contribution in [0.15, 0.2) is 0 Å². The molecule has 0 spiro atoms. The lowest BCUT2D eigenvalue weighted by molar-refractivity contribution is 0.251. The summed E-state index contributed by atoms with van der Waals surface area (Å²) in [4.78, 5) is 0. The third-order valence-corrected chi connectivity index (χ3v) is 4.34. The number of aliphatic hydroxyl groups is 1. The quantitative estimate of drug-likeness (QED) is 0.652. The highest BCUT2D eigenvalue weighted by atomic mass is 32.1. The van der Waals surface area contributed by atoms with Crippen molar-refractivity contribution in [3.63, 3.8) is 0 Å². The van der Waals surface area contributed by atoms with E-state index in [9.17, 15) is 0 Å². The normalized spacial score (nSPS) is 33.8. The van der Waals surface area contributed by atoms with Crippen LogP contribution in [0.3, 0.4) is 0 Å². The van der Waals surface area contributed by atoms with Crippen molar-refractivity contribution in [2.45, 2.75) is 51.1 Å². The molecule has 0 unspecified atom stereocenters. The molecule has 92 valence electrons. The van der Waals surface area contributed by atoms with Gasteiger partial charge in [-0.2, -0.15) is 0 Å². The average Bonchev–Trinajstić information content (AvgIpc) is 2.87. The van der Waals surface area contributed by atoms with Crippen molar-refractivity contribution in [3.05, 3.63) is 0 Å². The Morgan fingerprint density at radius 1 is 1.44 bits per heavy atom. The maximum Gasteiger partial charge on any atom is 0.166 e. The van der Waals surface area contributed by atoms with Crippen molar-refractivity contribution >= 4 is 17.3 Å². The van der Waals surface area contributed by atoms with Gasteiger partial charge in [-0.1, -0.05) is 13.3 Å². The monoisotopic (exact) mass is 242 g/mol. The third kappa shape index (κ3) is 2.66. The summed E-state index contributed by atoms with van der Waals surface area (Å²) in [6.07, 6.45) is 6.34. The highest BCUT2D eigenvalue weighted by molar-refractivity contribution is 7.80. The molecule has 0 saturated heterocycles. The SMILES string of the molecule is CC[C@H](CO)NC(=S)N[C@H]1C[C@@H]2CC[C@@H]1C2. The molecular weight excluding hydrogens is 220 g/mol. The summed E-state index contributed by atoms with van der Waals surface area (Å²) in [6.45, 7) is 2.20. The molecule has 4 atom stereocenters. The summed E-state index contributed by atoms with van der Waals surface area (Å²) in [5, 5.41) is 16.4. The van der Waals surface area contributed by atoms with Crippen molar-refractivity contribution in [2.24, 2.45) is 11.8 Å². The second-order valence-electron chi connectivity index (χ2n) is 5.19. The zero-order valence-corrected chi connectivity index (χ0v) is 10.7. The fourth-order valence-electron chi connectivity index (χ4n) is 3.09. The molecule has 4 heteroatoms. The molecule has 0 aliphatic heterocycles. The second kappa shape index (κ2) is 5.32. The van der Waals surface area contributed by atoms with Crippen molar-refractivity contribution < 1.29 is 5.11 Å². The lowest BCUT2D eigenvalue weighted by Crippen LogP contribution is -2.48. The van der Waals surface area contributed by atoms with Gasteiger partial charge in [-0.15, -0.1) is 0 Å². The average molecular weight is 242 g/mol. The van der Waals surface area contributed by atoms with Crippen LogP contribution in [0.2, 0.25) is 0 Å². The summed E-state index contributed by atoms with van der Waals surface area (Å²) in [7, 11) is 0. The molecule has 2 rings (SSSR count). The van der Waals surface area contributed by atoms with E-state index < -0.39 is 0 Å². The van der Waals surface area contributed by atoms with Crippen molar-refractivity contribution in [1.29, 1.82) is 0 Å². The largest absolute Gasteiger partial charge is 0.394 e. The fourth-order valence-corrected chi connectivity index (χ4v) is 3.41. The van der Waals surface area contributed by atoms with Crippen LogP contribution in [0.25, 0.3) is 0 Å². The van der Waals surface area contributed by atoms with Crippen LogP contribution in [0.5, 0.6) is 0 Å². The summed E-state index contributed by atoms with van der Waals surface area (Å²) in [5.74, 6) is 1.77. The van der Waals surface area contributed by atoms with E-state index >= 15 is 0 Å². The first-order valence-corrected chi connectivity index (χ1v) is 6.81. The van der Waals surface area contributed by atoms with E-state index in [1.165, 1.54) is 25.7 Å². The molecule has 0 aromatic rings. The van der Waals surface area contributed by atoms with Gasteiger partial charge in [-0.25, -0.2) is 0 Å². The van der Waals surface area contributed by atoms with Crippen LogP contribution in [-0.2, 0) is 0 Å². The van der Waals surface area contributed by atoms with E-state index in [-0.39, 0.29) is 12.6 Å². The number of aliphatic hydroxyl groups excluding tert-OH is 1. The van der Waals surface area contributed by atoms with E-state index in [0.29, 0.717) is 6.04 Å². The maximum atomic E-state index is 9.09. The van der Waals surface area contributed by atoms with Gasteiger partial charge in [0.05, 0.1) is 12.6 Å². The van der Waals surface area contributed by atoms with Crippen LogP contribution < -0.4 is 10.6 Å². The Bertz CT molecular complexity index is 255.